The summed E-state index contributed by atoms with van der Waals surface area (Å²) in [5, 5.41) is 0. The molecule has 1 fully saturated rings. The first-order valence-electron chi connectivity index (χ1n) is 5.69. The van der Waals surface area contributed by atoms with Gasteiger partial charge in [-0.15, -0.1) is 0 Å². The number of benzene rings is 1. The molecule has 1 aromatic carbocycles. The van der Waals surface area contributed by atoms with Crippen LogP contribution >= 0.6 is 0 Å². The van der Waals surface area contributed by atoms with Crippen LogP contribution in [0.2, 0.25) is 0 Å². The van der Waals surface area contributed by atoms with E-state index >= 15 is 0 Å². The third-order valence-corrected chi connectivity index (χ3v) is 3.31. The molecule has 86 valence electrons. The first-order chi connectivity index (χ1) is 8.21. The molecule has 1 aliphatic rings. The molecule has 3 heteroatoms. The van der Waals surface area contributed by atoms with E-state index in [0.29, 0.717) is 5.56 Å². The van der Waals surface area contributed by atoms with Crippen molar-refractivity contribution < 1.29 is 4.39 Å². The Labute approximate surface area is 99.3 Å². The zero-order chi connectivity index (χ0) is 11.9. The van der Waals surface area contributed by atoms with Crippen LogP contribution < -0.4 is 5.73 Å². The van der Waals surface area contributed by atoms with Gasteiger partial charge in [-0.2, -0.15) is 0 Å². The fourth-order valence-corrected chi connectivity index (χ4v) is 2.11. The highest BCUT2D eigenvalue weighted by atomic mass is 19.1. The number of hydrogen-bond acceptors (Lipinski definition) is 2. The molecule has 1 aliphatic carbocycles. The van der Waals surface area contributed by atoms with Crippen LogP contribution in [-0.4, -0.2) is 4.98 Å². The molecule has 0 amide bonds. The van der Waals surface area contributed by atoms with Gasteiger partial charge in [-0.1, -0.05) is 18.2 Å². The summed E-state index contributed by atoms with van der Waals surface area (Å²) in [5.74, 6) is -0.218. The minimum absolute atomic E-state index is 0.218. The summed E-state index contributed by atoms with van der Waals surface area (Å²) < 4.78 is 13.8. The van der Waals surface area contributed by atoms with E-state index in [1.165, 1.54) is 6.07 Å². The van der Waals surface area contributed by atoms with Crippen molar-refractivity contribution in [3.63, 3.8) is 0 Å². The molecule has 3 rings (SSSR count). The van der Waals surface area contributed by atoms with E-state index < -0.39 is 0 Å². The summed E-state index contributed by atoms with van der Waals surface area (Å²) in [6.07, 6.45) is 5.33. The molecule has 0 atom stereocenters. The molecule has 0 saturated heterocycles. The summed E-state index contributed by atoms with van der Waals surface area (Å²) in [4.78, 5) is 4.10. The summed E-state index contributed by atoms with van der Waals surface area (Å²) in [6.45, 7) is 0. The van der Waals surface area contributed by atoms with E-state index in [9.17, 15) is 4.39 Å². The van der Waals surface area contributed by atoms with Gasteiger partial charge in [0.25, 0.3) is 0 Å². The van der Waals surface area contributed by atoms with Crippen molar-refractivity contribution >= 4 is 0 Å². The number of halogens is 1. The molecular formula is C14H13FN2. The van der Waals surface area contributed by atoms with Crippen LogP contribution in [0.15, 0.2) is 42.7 Å². The van der Waals surface area contributed by atoms with Gasteiger partial charge in [-0.05, 0) is 36.1 Å². The molecule has 2 nitrogen and oxygen atoms in total. The first kappa shape index (κ1) is 10.4. The number of pyridine rings is 1. The van der Waals surface area contributed by atoms with Gasteiger partial charge in [-0.3, -0.25) is 4.98 Å². The van der Waals surface area contributed by atoms with Crippen LogP contribution in [0.4, 0.5) is 4.39 Å². The van der Waals surface area contributed by atoms with E-state index in [0.717, 1.165) is 24.0 Å². The van der Waals surface area contributed by atoms with Gasteiger partial charge in [0.05, 0.1) is 0 Å². The fraction of sp³-hybridized carbons (Fsp3) is 0.214. The minimum atomic E-state index is -0.300. The van der Waals surface area contributed by atoms with Crippen molar-refractivity contribution in [3.05, 3.63) is 54.1 Å². The molecule has 2 N–H and O–H groups in total. The van der Waals surface area contributed by atoms with Crippen molar-refractivity contribution in [1.82, 2.24) is 4.98 Å². The summed E-state index contributed by atoms with van der Waals surface area (Å²) in [6, 6.07) is 8.60. The molecule has 1 aromatic heterocycles. The van der Waals surface area contributed by atoms with Gasteiger partial charge in [0.2, 0.25) is 0 Å². The van der Waals surface area contributed by atoms with Crippen LogP contribution in [0.1, 0.15) is 18.4 Å². The Balaban J connectivity index is 2.18. The highest BCUT2D eigenvalue weighted by molar-refractivity contribution is 5.69. The normalized spacial score (nSPS) is 16.8. The van der Waals surface area contributed by atoms with E-state index in [2.05, 4.69) is 4.98 Å². The van der Waals surface area contributed by atoms with Crippen LogP contribution in [0, 0.1) is 5.82 Å². The average Bonchev–Trinajstić information content (AvgIpc) is 3.09. The highest BCUT2D eigenvalue weighted by Gasteiger charge is 2.42. The zero-order valence-electron chi connectivity index (χ0n) is 9.36. The van der Waals surface area contributed by atoms with Crippen LogP contribution in [0.5, 0.6) is 0 Å². The molecule has 0 aliphatic heterocycles. The average molecular weight is 228 g/mol. The monoisotopic (exact) mass is 228 g/mol. The second-order valence-corrected chi connectivity index (χ2v) is 4.56. The Morgan fingerprint density at radius 3 is 2.59 bits per heavy atom. The lowest BCUT2D eigenvalue weighted by atomic mass is 9.95. The summed E-state index contributed by atoms with van der Waals surface area (Å²) >= 11 is 0. The Morgan fingerprint density at radius 1 is 1.12 bits per heavy atom. The molecule has 0 spiro atoms. The quantitative estimate of drug-likeness (QED) is 0.858. The number of nitrogens with zero attached hydrogens (tertiary/aromatic N) is 1. The topological polar surface area (TPSA) is 38.9 Å². The van der Waals surface area contributed by atoms with Gasteiger partial charge in [0.15, 0.2) is 0 Å². The van der Waals surface area contributed by atoms with Crippen molar-refractivity contribution in [2.24, 2.45) is 5.73 Å². The number of aromatic nitrogens is 1. The SMILES string of the molecule is NC1(c2cnccc2-c2ccccc2F)CC1. The number of nitrogens with two attached hydrogens (primary N) is 1. The molecule has 1 saturated carbocycles. The van der Waals surface area contributed by atoms with Crippen molar-refractivity contribution in [1.29, 1.82) is 0 Å². The standard InChI is InChI=1S/C14H13FN2/c15-13-4-2-1-3-11(13)10-5-8-17-9-12(10)14(16)6-7-14/h1-5,8-9H,6-7,16H2. The lowest BCUT2D eigenvalue weighted by Gasteiger charge is -2.14. The number of rotatable bonds is 2. The Hall–Kier alpha value is -1.74. The predicted octanol–water partition coefficient (Wildman–Crippen LogP) is 2.84. The van der Waals surface area contributed by atoms with Crippen LogP contribution in [0.25, 0.3) is 11.1 Å². The lowest BCUT2D eigenvalue weighted by Crippen LogP contribution is -2.20. The van der Waals surface area contributed by atoms with Gasteiger partial charge in [0, 0.05) is 23.5 Å². The zero-order valence-corrected chi connectivity index (χ0v) is 9.36. The third kappa shape index (κ3) is 1.72. The van der Waals surface area contributed by atoms with E-state index in [4.69, 9.17) is 5.73 Å². The molecule has 1 heterocycles. The Morgan fingerprint density at radius 2 is 1.88 bits per heavy atom. The van der Waals surface area contributed by atoms with Crippen molar-refractivity contribution in [2.45, 2.75) is 18.4 Å². The molecule has 0 unspecified atom stereocenters. The van der Waals surface area contributed by atoms with Gasteiger partial charge < -0.3 is 5.73 Å². The van der Waals surface area contributed by atoms with E-state index in [1.807, 2.05) is 12.1 Å². The maximum absolute atomic E-state index is 13.8. The second-order valence-electron chi connectivity index (χ2n) is 4.56. The molecular weight excluding hydrogens is 215 g/mol. The molecule has 0 radical (unpaired) electrons. The van der Waals surface area contributed by atoms with Gasteiger partial charge in [-0.25, -0.2) is 4.39 Å². The molecule has 2 aromatic rings. The summed E-state index contributed by atoms with van der Waals surface area (Å²) in [5.41, 5.74) is 8.30. The lowest BCUT2D eigenvalue weighted by molar-refractivity contribution is 0.630. The van der Waals surface area contributed by atoms with E-state index in [-0.39, 0.29) is 11.4 Å². The summed E-state index contributed by atoms with van der Waals surface area (Å²) in [7, 11) is 0. The second kappa shape index (κ2) is 3.64. The maximum Gasteiger partial charge on any atom is 0.131 e. The van der Waals surface area contributed by atoms with Gasteiger partial charge >= 0.3 is 0 Å². The highest BCUT2D eigenvalue weighted by Crippen LogP contribution is 2.46. The van der Waals surface area contributed by atoms with Crippen LogP contribution in [-0.2, 0) is 5.54 Å². The predicted molar refractivity (Wildman–Crippen MR) is 64.7 cm³/mol. The Kier molecular flexibility index (Phi) is 2.23. The largest absolute Gasteiger partial charge is 0.321 e. The maximum atomic E-state index is 13.8. The smallest absolute Gasteiger partial charge is 0.131 e. The molecule has 0 bridgehead atoms. The number of hydrogen-bond donors (Lipinski definition) is 1. The van der Waals surface area contributed by atoms with Crippen molar-refractivity contribution in [3.8, 4) is 11.1 Å². The Bertz CT molecular complexity index is 562. The first-order valence-corrected chi connectivity index (χ1v) is 5.69. The fourth-order valence-electron chi connectivity index (χ4n) is 2.11. The van der Waals surface area contributed by atoms with Gasteiger partial charge in [0.1, 0.15) is 5.82 Å². The van der Waals surface area contributed by atoms with Crippen LogP contribution in [0.3, 0.4) is 0 Å². The molecule has 17 heavy (non-hydrogen) atoms. The van der Waals surface area contributed by atoms with Crippen molar-refractivity contribution in [2.75, 3.05) is 0 Å². The van der Waals surface area contributed by atoms with E-state index in [1.54, 1.807) is 24.5 Å². The minimum Gasteiger partial charge on any atom is -0.321 e. The third-order valence-electron chi connectivity index (χ3n) is 3.31.